The van der Waals surface area contributed by atoms with Crippen molar-refractivity contribution in [3.8, 4) is 5.75 Å². The number of anilines is 1. The van der Waals surface area contributed by atoms with E-state index in [4.69, 9.17) is 9.47 Å². The molecule has 1 saturated carbocycles. The molecule has 2 aliphatic heterocycles. The van der Waals surface area contributed by atoms with Crippen LogP contribution in [0.2, 0.25) is 0 Å². The first-order valence-corrected chi connectivity index (χ1v) is 12.2. The van der Waals surface area contributed by atoms with Crippen LogP contribution >= 0.6 is 0 Å². The summed E-state index contributed by atoms with van der Waals surface area (Å²) in [6.45, 7) is 2.79. The van der Waals surface area contributed by atoms with Crippen LogP contribution < -0.4 is 15.4 Å². The van der Waals surface area contributed by atoms with E-state index in [9.17, 15) is 14.4 Å². The summed E-state index contributed by atoms with van der Waals surface area (Å²) in [4.78, 5) is 39.7. The second-order valence-corrected chi connectivity index (χ2v) is 9.36. The lowest BCUT2D eigenvalue weighted by atomic mass is 9.88. The molecule has 0 unspecified atom stereocenters. The highest BCUT2D eigenvalue weighted by atomic mass is 16.5. The van der Waals surface area contributed by atoms with Crippen molar-refractivity contribution >= 4 is 23.4 Å². The number of nitrogens with one attached hydrogen (secondary N) is 2. The average Bonchev–Trinajstić information content (AvgIpc) is 2.82. The van der Waals surface area contributed by atoms with Crippen molar-refractivity contribution in [3.05, 3.63) is 23.8 Å². The van der Waals surface area contributed by atoms with Crippen LogP contribution in [0.3, 0.4) is 0 Å². The Morgan fingerprint density at radius 3 is 2.67 bits per heavy atom. The molecule has 2 N–H and O–H groups in total. The molecule has 2 fully saturated rings. The molecule has 33 heavy (non-hydrogen) atoms. The average molecular weight is 458 g/mol. The third-order valence-electron chi connectivity index (χ3n) is 7.04. The number of carbonyl (C=O) groups is 3. The Morgan fingerprint density at radius 2 is 1.91 bits per heavy atom. The van der Waals surface area contributed by atoms with E-state index in [1.807, 2.05) is 6.92 Å². The van der Waals surface area contributed by atoms with Gasteiger partial charge in [0.2, 0.25) is 11.8 Å². The second kappa shape index (κ2) is 10.5. The van der Waals surface area contributed by atoms with Gasteiger partial charge >= 0.3 is 0 Å². The van der Waals surface area contributed by atoms with Crippen LogP contribution in [0, 0.1) is 5.92 Å². The van der Waals surface area contributed by atoms with E-state index in [-0.39, 0.29) is 41.9 Å². The number of carbonyl (C=O) groups excluding carboxylic acids is 3. The molecule has 3 atom stereocenters. The Balaban J connectivity index is 1.46. The molecule has 0 radical (unpaired) electrons. The lowest BCUT2D eigenvalue weighted by Gasteiger charge is -2.42. The fourth-order valence-corrected chi connectivity index (χ4v) is 5.19. The van der Waals surface area contributed by atoms with E-state index < -0.39 is 0 Å². The Labute approximate surface area is 195 Å². The fourth-order valence-electron chi connectivity index (χ4n) is 5.19. The Morgan fingerprint density at radius 1 is 1.12 bits per heavy atom. The summed E-state index contributed by atoms with van der Waals surface area (Å²) >= 11 is 0. The van der Waals surface area contributed by atoms with Gasteiger partial charge in [0.05, 0.1) is 24.1 Å². The van der Waals surface area contributed by atoms with E-state index in [1.165, 1.54) is 6.42 Å². The third-order valence-corrected chi connectivity index (χ3v) is 7.04. The number of rotatable bonds is 5. The minimum Gasteiger partial charge on any atom is -0.490 e. The van der Waals surface area contributed by atoms with Crippen LogP contribution in [0.15, 0.2) is 18.2 Å². The zero-order valence-corrected chi connectivity index (χ0v) is 19.6. The number of hydrogen-bond acceptors (Lipinski definition) is 5. The molecule has 0 bridgehead atoms. The molecule has 1 aromatic carbocycles. The van der Waals surface area contributed by atoms with Crippen LogP contribution in [0.4, 0.5) is 5.69 Å². The molecule has 1 aliphatic carbocycles. The molecular weight excluding hydrogens is 422 g/mol. The van der Waals surface area contributed by atoms with Gasteiger partial charge in [-0.3, -0.25) is 14.4 Å². The number of benzene rings is 1. The molecular formula is C25H35N3O5. The summed E-state index contributed by atoms with van der Waals surface area (Å²) in [5.41, 5.74) is 1.07. The number of likely N-dealkylation sites (N-methyl/N-ethyl adjacent to an activating group) is 1. The van der Waals surface area contributed by atoms with Crippen molar-refractivity contribution < 1.29 is 23.9 Å². The summed E-state index contributed by atoms with van der Waals surface area (Å²) in [6, 6.07) is 5.12. The van der Waals surface area contributed by atoms with Crippen LogP contribution in [-0.4, -0.2) is 61.1 Å². The maximum atomic E-state index is 13.3. The highest BCUT2D eigenvalue weighted by molar-refractivity contribution is 6.00. The molecule has 3 aliphatic rings. The summed E-state index contributed by atoms with van der Waals surface area (Å²) < 4.78 is 12.2. The first-order valence-electron chi connectivity index (χ1n) is 12.2. The van der Waals surface area contributed by atoms with Gasteiger partial charge in [-0.15, -0.1) is 0 Å². The minimum absolute atomic E-state index is 0.0229. The van der Waals surface area contributed by atoms with E-state index in [1.54, 1.807) is 30.1 Å². The molecule has 180 valence electrons. The van der Waals surface area contributed by atoms with Gasteiger partial charge in [-0.2, -0.15) is 0 Å². The highest BCUT2D eigenvalue weighted by Crippen LogP contribution is 2.33. The maximum absolute atomic E-state index is 13.3. The van der Waals surface area contributed by atoms with Gasteiger partial charge in [0.15, 0.2) is 0 Å². The van der Waals surface area contributed by atoms with Crippen LogP contribution in [0.25, 0.3) is 0 Å². The second-order valence-electron chi connectivity index (χ2n) is 9.36. The highest BCUT2D eigenvalue weighted by Gasteiger charge is 2.39. The molecule has 1 saturated heterocycles. The van der Waals surface area contributed by atoms with Crippen molar-refractivity contribution in [2.24, 2.45) is 5.92 Å². The number of nitrogens with zero attached hydrogens (tertiary/aromatic N) is 1. The lowest BCUT2D eigenvalue weighted by Crippen LogP contribution is -2.54. The van der Waals surface area contributed by atoms with E-state index >= 15 is 0 Å². The molecule has 8 nitrogen and oxygen atoms in total. The molecule has 0 spiro atoms. The minimum atomic E-state index is -0.300. The van der Waals surface area contributed by atoms with Gasteiger partial charge in [-0.05, 0) is 50.8 Å². The van der Waals surface area contributed by atoms with Crippen molar-refractivity contribution in [2.45, 2.75) is 76.5 Å². The summed E-state index contributed by atoms with van der Waals surface area (Å²) in [5.74, 6) is 0.379. The number of ether oxygens (including phenoxy) is 2. The van der Waals surface area contributed by atoms with E-state index in [0.717, 1.165) is 32.1 Å². The zero-order valence-electron chi connectivity index (χ0n) is 19.6. The van der Waals surface area contributed by atoms with Gasteiger partial charge in [0.1, 0.15) is 18.5 Å². The standard InChI is InChI=1S/C25H35N3O5/c1-3-26-23(29)14-18-10-11-20-22(33-18)15-32-21-12-9-17(13-19(21)25(31)28(20)2)27-24(30)16-7-5-4-6-8-16/h9,12-13,16,18,20,22H,3-8,10-11,14-15H2,1-2H3,(H,26,29)(H,27,30)/t18-,20-,22+/m1/s1. The monoisotopic (exact) mass is 457 g/mol. The topological polar surface area (TPSA) is 97.0 Å². The zero-order chi connectivity index (χ0) is 23.4. The maximum Gasteiger partial charge on any atom is 0.257 e. The van der Waals surface area contributed by atoms with Gasteiger partial charge in [-0.25, -0.2) is 0 Å². The lowest BCUT2D eigenvalue weighted by molar-refractivity contribution is -0.134. The summed E-state index contributed by atoms with van der Waals surface area (Å²) in [6.07, 6.45) is 6.51. The molecule has 4 rings (SSSR count). The normalized spacial score (nSPS) is 25.7. The quantitative estimate of drug-likeness (QED) is 0.708. The van der Waals surface area contributed by atoms with Crippen molar-refractivity contribution in [2.75, 3.05) is 25.5 Å². The van der Waals surface area contributed by atoms with Gasteiger partial charge in [0, 0.05) is 25.2 Å². The summed E-state index contributed by atoms with van der Waals surface area (Å²) in [7, 11) is 1.79. The molecule has 8 heteroatoms. The number of amides is 3. The fraction of sp³-hybridized carbons (Fsp3) is 0.640. The molecule has 1 aromatic rings. The van der Waals surface area contributed by atoms with Gasteiger partial charge in [-0.1, -0.05) is 19.3 Å². The third kappa shape index (κ3) is 5.49. The van der Waals surface area contributed by atoms with E-state index in [0.29, 0.717) is 43.0 Å². The summed E-state index contributed by atoms with van der Waals surface area (Å²) in [5, 5.41) is 5.81. The van der Waals surface area contributed by atoms with Crippen molar-refractivity contribution in [1.29, 1.82) is 0 Å². The number of fused-ring (bicyclic) bond motifs is 2. The Bertz CT molecular complexity index is 883. The van der Waals surface area contributed by atoms with Crippen LogP contribution in [0.5, 0.6) is 5.75 Å². The SMILES string of the molecule is CCNC(=O)C[C@H]1CC[C@@H]2[C@H](COc3ccc(NC(=O)C4CCCCC4)cc3C(=O)N2C)O1. The van der Waals surface area contributed by atoms with Crippen molar-refractivity contribution in [1.82, 2.24) is 10.2 Å². The first kappa shape index (κ1) is 23.5. The number of hydrogen-bond donors (Lipinski definition) is 2. The van der Waals surface area contributed by atoms with Crippen LogP contribution in [0.1, 0.15) is 68.6 Å². The van der Waals surface area contributed by atoms with Crippen molar-refractivity contribution in [3.63, 3.8) is 0 Å². The van der Waals surface area contributed by atoms with Crippen LogP contribution in [-0.2, 0) is 14.3 Å². The van der Waals surface area contributed by atoms with E-state index in [2.05, 4.69) is 10.6 Å². The largest absolute Gasteiger partial charge is 0.490 e. The predicted molar refractivity (Wildman–Crippen MR) is 124 cm³/mol. The predicted octanol–water partition coefficient (Wildman–Crippen LogP) is 3.11. The molecule has 0 aromatic heterocycles. The Hall–Kier alpha value is -2.61. The van der Waals surface area contributed by atoms with Gasteiger partial charge in [0.25, 0.3) is 5.91 Å². The molecule has 2 heterocycles. The molecule has 3 amide bonds. The smallest absolute Gasteiger partial charge is 0.257 e. The first-order chi connectivity index (χ1) is 16.0. The van der Waals surface area contributed by atoms with Gasteiger partial charge < -0.3 is 25.0 Å². The Kier molecular flexibility index (Phi) is 7.53.